The van der Waals surface area contributed by atoms with Crippen LogP contribution in [0.1, 0.15) is 30.3 Å². The summed E-state index contributed by atoms with van der Waals surface area (Å²) in [7, 11) is 0. The number of nitrogens with zero attached hydrogens (tertiary/aromatic N) is 3. The normalized spacial score (nSPS) is 10.7. The van der Waals surface area contributed by atoms with Gasteiger partial charge in [-0.25, -0.2) is 4.68 Å². The number of non-ortho nitro benzene ring substituents is 1. The predicted octanol–water partition coefficient (Wildman–Crippen LogP) is 5.28. The van der Waals surface area contributed by atoms with E-state index in [0.717, 1.165) is 12.8 Å². The fraction of sp³-hybridized carbons (Fsp3) is 0.200. The Bertz CT molecular complexity index is 1050. The van der Waals surface area contributed by atoms with Crippen LogP contribution >= 0.6 is 23.2 Å². The summed E-state index contributed by atoms with van der Waals surface area (Å²) in [6.07, 6.45) is 1.82. The molecule has 0 bridgehead atoms. The van der Waals surface area contributed by atoms with Crippen LogP contribution < -0.4 is 5.32 Å². The number of hydrogen-bond donors (Lipinski definition) is 1. The lowest BCUT2D eigenvalue weighted by Crippen LogP contribution is -2.26. The molecule has 0 atom stereocenters. The third-order valence-electron chi connectivity index (χ3n) is 4.28. The summed E-state index contributed by atoms with van der Waals surface area (Å²) in [4.78, 5) is 23.1. The van der Waals surface area contributed by atoms with Crippen molar-refractivity contribution in [2.24, 2.45) is 0 Å². The zero-order chi connectivity index (χ0) is 21.0. The maximum Gasteiger partial charge on any atom is 0.270 e. The fourth-order valence-electron chi connectivity index (χ4n) is 2.72. The third kappa shape index (κ3) is 4.75. The second kappa shape index (κ2) is 9.07. The number of amides is 1. The summed E-state index contributed by atoms with van der Waals surface area (Å²) in [5.41, 5.74) is 2.04. The lowest BCUT2D eigenvalue weighted by molar-refractivity contribution is -0.384. The van der Waals surface area contributed by atoms with Crippen LogP contribution in [0.2, 0.25) is 10.0 Å². The second-order valence-electron chi connectivity index (χ2n) is 6.34. The Morgan fingerprint density at radius 1 is 1.14 bits per heavy atom. The first kappa shape index (κ1) is 20.8. The number of aromatic nitrogens is 2. The molecule has 29 heavy (non-hydrogen) atoms. The van der Waals surface area contributed by atoms with Crippen molar-refractivity contribution in [3.8, 4) is 16.9 Å². The Hall–Kier alpha value is -2.90. The number of nitrogens with one attached hydrogen (secondary N) is 1. The van der Waals surface area contributed by atoms with Crippen molar-refractivity contribution < 1.29 is 9.72 Å². The first-order valence-electron chi connectivity index (χ1n) is 8.99. The molecule has 0 unspecified atom stereocenters. The summed E-state index contributed by atoms with van der Waals surface area (Å²) >= 11 is 12.1. The average molecular weight is 433 g/mol. The minimum atomic E-state index is -0.468. The van der Waals surface area contributed by atoms with Gasteiger partial charge in [0.1, 0.15) is 5.69 Å². The molecule has 0 radical (unpaired) electrons. The highest BCUT2D eigenvalue weighted by Crippen LogP contribution is 2.27. The van der Waals surface area contributed by atoms with Crippen molar-refractivity contribution in [3.05, 3.63) is 74.4 Å². The molecule has 1 amide bonds. The quantitative estimate of drug-likeness (QED) is 0.312. The minimum Gasteiger partial charge on any atom is -0.351 e. The molecule has 0 saturated heterocycles. The Morgan fingerprint density at radius 3 is 2.48 bits per heavy atom. The zero-order valence-electron chi connectivity index (χ0n) is 15.6. The lowest BCUT2D eigenvalue weighted by Gasteiger charge is -2.09. The number of hydrogen-bond acceptors (Lipinski definition) is 4. The number of halogens is 2. The van der Waals surface area contributed by atoms with E-state index in [2.05, 4.69) is 10.4 Å². The molecule has 1 N–H and O–H groups in total. The van der Waals surface area contributed by atoms with Gasteiger partial charge >= 0.3 is 0 Å². The fourth-order valence-corrected chi connectivity index (χ4v) is 3.01. The molecule has 9 heteroatoms. The van der Waals surface area contributed by atoms with Crippen molar-refractivity contribution in [2.45, 2.75) is 19.8 Å². The van der Waals surface area contributed by atoms with Crippen LogP contribution in [0.3, 0.4) is 0 Å². The van der Waals surface area contributed by atoms with E-state index in [4.69, 9.17) is 23.2 Å². The van der Waals surface area contributed by atoms with Gasteiger partial charge in [0.25, 0.3) is 11.6 Å². The molecule has 3 rings (SSSR count). The van der Waals surface area contributed by atoms with E-state index in [1.54, 1.807) is 36.4 Å². The molecule has 1 aromatic heterocycles. The number of carbonyl (C=O) groups excluding carboxylic acids is 1. The summed E-state index contributed by atoms with van der Waals surface area (Å²) in [6.45, 7) is 2.59. The minimum absolute atomic E-state index is 0.0183. The zero-order valence-corrected chi connectivity index (χ0v) is 17.1. The highest BCUT2D eigenvalue weighted by molar-refractivity contribution is 6.42. The van der Waals surface area contributed by atoms with Crippen molar-refractivity contribution in [3.63, 3.8) is 0 Å². The monoisotopic (exact) mass is 432 g/mol. The SMILES string of the molecule is CCCCNC(=O)c1cc(-c2ccc([N+](=O)[O-])cc2)nn1-c1ccc(Cl)c(Cl)c1. The topological polar surface area (TPSA) is 90.1 Å². The van der Waals surface area contributed by atoms with Gasteiger partial charge in [-0.05, 0) is 42.8 Å². The van der Waals surface area contributed by atoms with Gasteiger partial charge in [-0.1, -0.05) is 36.5 Å². The Kier molecular flexibility index (Phi) is 6.51. The first-order chi connectivity index (χ1) is 13.9. The van der Waals surface area contributed by atoms with Gasteiger partial charge in [0, 0.05) is 24.2 Å². The van der Waals surface area contributed by atoms with Gasteiger partial charge in [0.05, 0.1) is 26.3 Å². The number of carbonyl (C=O) groups is 1. The number of nitro benzene ring substituents is 1. The van der Waals surface area contributed by atoms with Crippen LogP contribution in [0.25, 0.3) is 16.9 Å². The van der Waals surface area contributed by atoms with E-state index in [-0.39, 0.29) is 11.6 Å². The lowest BCUT2D eigenvalue weighted by atomic mass is 10.1. The molecule has 0 aliphatic heterocycles. The van der Waals surface area contributed by atoms with Crippen LogP contribution in [0, 0.1) is 10.1 Å². The summed E-state index contributed by atoms with van der Waals surface area (Å²) < 4.78 is 1.49. The highest BCUT2D eigenvalue weighted by Gasteiger charge is 2.18. The van der Waals surface area contributed by atoms with Crippen molar-refractivity contribution in [2.75, 3.05) is 6.54 Å². The summed E-state index contributed by atoms with van der Waals surface area (Å²) in [6, 6.07) is 12.6. The molecule has 0 saturated carbocycles. The van der Waals surface area contributed by atoms with Crippen LogP contribution in [0.15, 0.2) is 48.5 Å². The molecule has 7 nitrogen and oxygen atoms in total. The van der Waals surface area contributed by atoms with Gasteiger partial charge in [0.15, 0.2) is 0 Å². The summed E-state index contributed by atoms with van der Waals surface area (Å²) in [5.74, 6) is -0.273. The van der Waals surface area contributed by atoms with Gasteiger partial charge in [-0.15, -0.1) is 0 Å². The van der Waals surface area contributed by atoms with Gasteiger partial charge in [-0.2, -0.15) is 5.10 Å². The average Bonchev–Trinajstić information content (AvgIpc) is 3.16. The Labute approximate surface area is 177 Å². The van der Waals surface area contributed by atoms with E-state index < -0.39 is 4.92 Å². The van der Waals surface area contributed by atoms with Gasteiger partial charge in [0.2, 0.25) is 0 Å². The molecule has 0 aliphatic carbocycles. The first-order valence-corrected chi connectivity index (χ1v) is 9.75. The highest BCUT2D eigenvalue weighted by atomic mass is 35.5. The number of nitro groups is 1. The maximum absolute atomic E-state index is 12.7. The van der Waals surface area contributed by atoms with Crippen LogP contribution in [0.5, 0.6) is 0 Å². The second-order valence-corrected chi connectivity index (χ2v) is 7.15. The van der Waals surface area contributed by atoms with Crippen molar-refractivity contribution >= 4 is 34.8 Å². The van der Waals surface area contributed by atoms with Gasteiger partial charge in [-0.3, -0.25) is 14.9 Å². The maximum atomic E-state index is 12.7. The summed E-state index contributed by atoms with van der Waals surface area (Å²) in [5, 5.41) is 19.0. The van der Waals surface area contributed by atoms with Gasteiger partial charge < -0.3 is 5.32 Å². The molecular weight excluding hydrogens is 415 g/mol. The van der Waals surface area contributed by atoms with Crippen LogP contribution in [0.4, 0.5) is 5.69 Å². The van der Waals surface area contributed by atoms with Crippen molar-refractivity contribution in [1.29, 1.82) is 0 Å². The molecule has 0 aliphatic rings. The molecule has 2 aromatic carbocycles. The molecule has 0 spiro atoms. The predicted molar refractivity (Wildman–Crippen MR) is 113 cm³/mol. The molecule has 3 aromatic rings. The molecule has 0 fully saturated rings. The number of unbranched alkanes of at least 4 members (excludes halogenated alkanes) is 1. The number of rotatable bonds is 7. The van der Waals surface area contributed by atoms with E-state index in [1.165, 1.54) is 16.8 Å². The Morgan fingerprint density at radius 2 is 1.86 bits per heavy atom. The molecule has 150 valence electrons. The third-order valence-corrected chi connectivity index (χ3v) is 5.02. The molecule has 1 heterocycles. The van der Waals surface area contributed by atoms with Crippen molar-refractivity contribution in [1.82, 2.24) is 15.1 Å². The Balaban J connectivity index is 2.03. The van der Waals surface area contributed by atoms with E-state index in [0.29, 0.717) is 39.2 Å². The standard InChI is InChI=1S/C20H18Cl2N4O3/c1-2-3-10-23-20(27)19-12-18(13-4-6-14(7-5-13)26(28)29)24-25(19)15-8-9-16(21)17(22)11-15/h4-9,11-12H,2-3,10H2,1H3,(H,23,27). The van der Waals surface area contributed by atoms with Crippen LogP contribution in [-0.4, -0.2) is 27.2 Å². The number of benzene rings is 2. The van der Waals surface area contributed by atoms with E-state index in [9.17, 15) is 14.9 Å². The smallest absolute Gasteiger partial charge is 0.270 e. The van der Waals surface area contributed by atoms with Crippen LogP contribution in [-0.2, 0) is 0 Å². The molecular formula is C20H18Cl2N4O3. The largest absolute Gasteiger partial charge is 0.351 e. The van der Waals surface area contributed by atoms with E-state index >= 15 is 0 Å². The van der Waals surface area contributed by atoms with E-state index in [1.807, 2.05) is 6.92 Å².